The summed E-state index contributed by atoms with van der Waals surface area (Å²) < 4.78 is 1.99. The molecule has 0 unspecified atom stereocenters. The number of aryl methyl sites for hydroxylation is 1. The normalized spacial score (nSPS) is 13.1. The second-order valence-corrected chi connectivity index (χ2v) is 7.99. The van der Waals surface area contributed by atoms with Crippen molar-refractivity contribution >= 4 is 35.0 Å². The second kappa shape index (κ2) is 8.53. The van der Waals surface area contributed by atoms with Gasteiger partial charge < -0.3 is 10.6 Å². The van der Waals surface area contributed by atoms with Crippen LogP contribution in [-0.2, 0) is 9.59 Å². The molecular formula is C22H22N4O2S. The van der Waals surface area contributed by atoms with Gasteiger partial charge in [0.2, 0.25) is 11.8 Å². The van der Waals surface area contributed by atoms with E-state index in [0.717, 1.165) is 34.9 Å². The van der Waals surface area contributed by atoms with Gasteiger partial charge in [0.05, 0.1) is 11.4 Å². The van der Waals surface area contributed by atoms with Crippen molar-refractivity contribution in [2.45, 2.75) is 24.9 Å². The number of hydrogen-bond donors (Lipinski definition) is 2. The van der Waals surface area contributed by atoms with E-state index in [-0.39, 0.29) is 23.5 Å². The Kier molecular flexibility index (Phi) is 5.67. The lowest BCUT2D eigenvalue weighted by Crippen LogP contribution is -2.15. The van der Waals surface area contributed by atoms with Gasteiger partial charge in [-0.25, -0.2) is 4.98 Å². The monoisotopic (exact) mass is 406 g/mol. The Morgan fingerprint density at radius 3 is 2.45 bits per heavy atom. The van der Waals surface area contributed by atoms with Crippen molar-refractivity contribution in [3.63, 3.8) is 0 Å². The van der Waals surface area contributed by atoms with Crippen molar-refractivity contribution in [3.05, 3.63) is 66.5 Å². The number of anilines is 2. The molecule has 2 aromatic carbocycles. The molecule has 0 radical (unpaired) electrons. The average molecular weight is 407 g/mol. The first-order chi connectivity index (χ1) is 14.1. The van der Waals surface area contributed by atoms with Crippen molar-refractivity contribution in [3.8, 4) is 5.69 Å². The van der Waals surface area contributed by atoms with Crippen LogP contribution in [0, 0.1) is 12.8 Å². The third kappa shape index (κ3) is 4.86. The minimum atomic E-state index is -0.107. The van der Waals surface area contributed by atoms with Gasteiger partial charge in [0.15, 0.2) is 5.16 Å². The van der Waals surface area contributed by atoms with Gasteiger partial charge in [-0.05, 0) is 55.7 Å². The van der Waals surface area contributed by atoms with Gasteiger partial charge in [0.1, 0.15) is 0 Å². The highest BCUT2D eigenvalue weighted by Crippen LogP contribution is 2.30. The molecule has 1 aliphatic carbocycles. The van der Waals surface area contributed by atoms with Crippen molar-refractivity contribution < 1.29 is 9.59 Å². The molecule has 1 fully saturated rings. The molecule has 1 aromatic heterocycles. The highest BCUT2D eigenvalue weighted by molar-refractivity contribution is 7.99. The summed E-state index contributed by atoms with van der Waals surface area (Å²) in [4.78, 5) is 28.5. The highest BCUT2D eigenvalue weighted by Gasteiger charge is 2.29. The van der Waals surface area contributed by atoms with Crippen LogP contribution < -0.4 is 10.6 Å². The molecular weight excluding hydrogens is 384 g/mol. The van der Waals surface area contributed by atoms with E-state index in [1.54, 1.807) is 30.5 Å². The maximum Gasteiger partial charge on any atom is 0.234 e. The summed E-state index contributed by atoms with van der Waals surface area (Å²) in [6.07, 6.45) is 5.58. The molecule has 2 amide bonds. The Bertz CT molecular complexity index is 1030. The fraction of sp³-hybridized carbons (Fsp3) is 0.227. The molecule has 29 heavy (non-hydrogen) atoms. The molecule has 0 aliphatic heterocycles. The van der Waals surface area contributed by atoms with E-state index in [1.165, 1.54) is 11.8 Å². The predicted octanol–water partition coefficient (Wildman–Crippen LogP) is 4.26. The molecule has 148 valence electrons. The minimum Gasteiger partial charge on any atom is -0.326 e. The number of amides is 2. The zero-order chi connectivity index (χ0) is 20.2. The van der Waals surface area contributed by atoms with Crippen molar-refractivity contribution in [1.82, 2.24) is 9.55 Å². The number of carbonyl (C=O) groups excluding carboxylic acids is 2. The average Bonchev–Trinajstić information content (AvgIpc) is 3.47. The van der Waals surface area contributed by atoms with Gasteiger partial charge in [-0.3, -0.25) is 14.2 Å². The zero-order valence-electron chi connectivity index (χ0n) is 16.1. The first-order valence-corrected chi connectivity index (χ1v) is 10.5. The number of thioether (sulfide) groups is 1. The summed E-state index contributed by atoms with van der Waals surface area (Å²) in [6.45, 7) is 2.05. The zero-order valence-corrected chi connectivity index (χ0v) is 16.9. The van der Waals surface area contributed by atoms with Crippen molar-refractivity contribution in [2.24, 2.45) is 5.92 Å². The smallest absolute Gasteiger partial charge is 0.234 e. The molecule has 0 bridgehead atoms. The highest BCUT2D eigenvalue weighted by atomic mass is 32.2. The minimum absolute atomic E-state index is 0.0716. The molecule has 1 aliphatic rings. The van der Waals surface area contributed by atoms with E-state index in [2.05, 4.69) is 15.6 Å². The SMILES string of the molecule is Cc1ccccc1-n1ccnc1SCC(=O)Nc1ccc(NC(=O)C2CC2)cc1. The van der Waals surface area contributed by atoms with Gasteiger partial charge in [0.25, 0.3) is 0 Å². The predicted molar refractivity (Wildman–Crippen MR) is 115 cm³/mol. The van der Waals surface area contributed by atoms with Crippen LogP contribution in [-0.4, -0.2) is 27.1 Å². The standard InChI is InChI=1S/C22H22N4O2S/c1-15-4-2-3-5-19(15)26-13-12-23-22(26)29-14-20(27)24-17-8-10-18(11-9-17)25-21(28)16-6-7-16/h2-5,8-13,16H,6-7,14H2,1H3,(H,24,27)(H,25,28). The Balaban J connectivity index is 1.32. The van der Waals surface area contributed by atoms with E-state index in [1.807, 2.05) is 42.0 Å². The van der Waals surface area contributed by atoms with E-state index >= 15 is 0 Å². The lowest BCUT2D eigenvalue weighted by molar-refractivity contribution is -0.117. The van der Waals surface area contributed by atoms with Gasteiger partial charge in [-0.2, -0.15) is 0 Å². The quantitative estimate of drug-likeness (QED) is 0.575. The summed E-state index contributed by atoms with van der Waals surface area (Å²) in [7, 11) is 0. The van der Waals surface area contributed by atoms with Crippen LogP contribution in [0.3, 0.4) is 0 Å². The summed E-state index contributed by atoms with van der Waals surface area (Å²) >= 11 is 1.39. The van der Waals surface area contributed by atoms with Crippen LogP contribution in [0.5, 0.6) is 0 Å². The molecule has 1 saturated carbocycles. The largest absolute Gasteiger partial charge is 0.326 e. The van der Waals surface area contributed by atoms with E-state index in [4.69, 9.17) is 0 Å². The van der Waals surface area contributed by atoms with Crippen LogP contribution in [0.1, 0.15) is 18.4 Å². The van der Waals surface area contributed by atoms with E-state index < -0.39 is 0 Å². The first kappa shape index (κ1) is 19.3. The number of benzene rings is 2. The summed E-state index contributed by atoms with van der Waals surface area (Å²) in [5, 5.41) is 6.54. The van der Waals surface area contributed by atoms with E-state index in [0.29, 0.717) is 5.69 Å². The fourth-order valence-electron chi connectivity index (χ4n) is 2.97. The lowest BCUT2D eigenvalue weighted by atomic mass is 10.2. The molecule has 0 spiro atoms. The summed E-state index contributed by atoms with van der Waals surface area (Å²) in [5.41, 5.74) is 3.64. The number of nitrogens with zero attached hydrogens (tertiary/aromatic N) is 2. The maximum atomic E-state index is 12.3. The number of carbonyl (C=O) groups is 2. The Morgan fingerprint density at radius 1 is 1.07 bits per heavy atom. The van der Waals surface area contributed by atoms with Gasteiger partial charge >= 0.3 is 0 Å². The lowest BCUT2D eigenvalue weighted by Gasteiger charge is -2.10. The van der Waals surface area contributed by atoms with E-state index in [9.17, 15) is 9.59 Å². The summed E-state index contributed by atoms with van der Waals surface area (Å²) in [5.74, 6) is 0.383. The first-order valence-electron chi connectivity index (χ1n) is 9.53. The Labute approximate surface area is 173 Å². The molecule has 4 rings (SSSR count). The number of hydrogen-bond acceptors (Lipinski definition) is 4. The van der Waals surface area contributed by atoms with Crippen LogP contribution >= 0.6 is 11.8 Å². The number of imidazole rings is 1. The molecule has 7 heteroatoms. The Hall–Kier alpha value is -3.06. The molecule has 3 aromatic rings. The van der Waals surface area contributed by atoms with Crippen LogP contribution in [0.2, 0.25) is 0 Å². The molecule has 0 saturated heterocycles. The van der Waals surface area contributed by atoms with Crippen molar-refractivity contribution in [2.75, 3.05) is 16.4 Å². The number of para-hydroxylation sites is 1. The van der Waals surface area contributed by atoms with Gasteiger partial charge in [0, 0.05) is 29.7 Å². The third-order valence-corrected chi connectivity index (χ3v) is 5.67. The third-order valence-electron chi connectivity index (χ3n) is 4.70. The van der Waals surface area contributed by atoms with Gasteiger partial charge in [-0.15, -0.1) is 0 Å². The number of rotatable bonds is 7. The molecule has 6 nitrogen and oxygen atoms in total. The topological polar surface area (TPSA) is 76.0 Å². The fourth-order valence-corrected chi connectivity index (χ4v) is 3.73. The van der Waals surface area contributed by atoms with Crippen LogP contribution in [0.4, 0.5) is 11.4 Å². The molecule has 0 atom stereocenters. The Morgan fingerprint density at radius 2 is 1.76 bits per heavy atom. The molecule has 2 N–H and O–H groups in total. The van der Waals surface area contributed by atoms with Crippen molar-refractivity contribution in [1.29, 1.82) is 0 Å². The number of nitrogens with one attached hydrogen (secondary N) is 2. The maximum absolute atomic E-state index is 12.3. The molecule has 1 heterocycles. The summed E-state index contributed by atoms with van der Waals surface area (Å²) in [6, 6.07) is 15.2. The van der Waals surface area contributed by atoms with Crippen LogP contribution in [0.15, 0.2) is 66.1 Å². The second-order valence-electron chi connectivity index (χ2n) is 7.04. The van der Waals surface area contributed by atoms with Gasteiger partial charge in [-0.1, -0.05) is 30.0 Å². The number of aromatic nitrogens is 2. The van der Waals surface area contributed by atoms with Crippen LogP contribution in [0.25, 0.3) is 5.69 Å².